The summed E-state index contributed by atoms with van der Waals surface area (Å²) in [6.07, 6.45) is 1.43. The maximum absolute atomic E-state index is 13.6. The van der Waals surface area contributed by atoms with Crippen LogP contribution in [0.25, 0.3) is 0 Å². The SMILES string of the molecule is COc1ccc(N(CC(=O)Nc2ccc(S(=O)(=O)Nc3nccc(C)n3)cc2)S(=O)(=O)c2ccccc2)cc1OC. The fraction of sp³-hybridized carbons (Fsp3) is 0.148. The summed E-state index contributed by atoms with van der Waals surface area (Å²) < 4.78 is 66.4. The van der Waals surface area contributed by atoms with Crippen LogP contribution in [0.5, 0.6) is 11.5 Å². The van der Waals surface area contributed by atoms with Crippen LogP contribution in [-0.2, 0) is 24.8 Å². The van der Waals surface area contributed by atoms with Gasteiger partial charge in [-0.3, -0.25) is 9.10 Å². The first-order valence-corrected chi connectivity index (χ1v) is 15.0. The largest absolute Gasteiger partial charge is 0.493 e. The first-order chi connectivity index (χ1) is 19.5. The fourth-order valence-electron chi connectivity index (χ4n) is 3.74. The van der Waals surface area contributed by atoms with Crippen molar-refractivity contribution in [2.24, 2.45) is 0 Å². The summed E-state index contributed by atoms with van der Waals surface area (Å²) in [7, 11) is -5.29. The molecule has 2 N–H and O–H groups in total. The molecular weight excluding hydrogens is 570 g/mol. The van der Waals surface area contributed by atoms with Crippen molar-refractivity contribution in [3.8, 4) is 11.5 Å². The topological polar surface area (TPSA) is 157 Å². The molecule has 1 aromatic heterocycles. The standard InChI is InChI=1S/C27H27N5O7S2/c1-19-15-16-28-27(29-19)31-40(34,35)22-12-9-20(10-13-22)30-26(33)18-32(41(36,37)23-7-5-4-6-8-23)21-11-14-24(38-2)25(17-21)39-3/h4-17H,18H2,1-3H3,(H,30,33)(H,28,29,31). The number of hydrogen-bond acceptors (Lipinski definition) is 9. The number of nitrogens with zero attached hydrogens (tertiary/aromatic N) is 3. The summed E-state index contributed by atoms with van der Waals surface area (Å²) in [5.41, 5.74) is 1.02. The van der Waals surface area contributed by atoms with Gasteiger partial charge in [-0.25, -0.2) is 31.5 Å². The Bertz CT molecular complexity index is 1750. The molecule has 0 unspecified atom stereocenters. The second kappa shape index (κ2) is 12.2. The van der Waals surface area contributed by atoms with Crippen LogP contribution >= 0.6 is 0 Å². The Balaban J connectivity index is 1.56. The maximum Gasteiger partial charge on any atom is 0.264 e. The highest BCUT2D eigenvalue weighted by molar-refractivity contribution is 7.93. The van der Waals surface area contributed by atoms with Gasteiger partial charge in [-0.15, -0.1) is 0 Å². The van der Waals surface area contributed by atoms with Gasteiger partial charge in [0.1, 0.15) is 6.54 Å². The van der Waals surface area contributed by atoms with Crippen LogP contribution in [0.2, 0.25) is 0 Å². The van der Waals surface area contributed by atoms with Gasteiger partial charge in [0, 0.05) is 23.6 Å². The molecule has 1 amide bonds. The summed E-state index contributed by atoms with van der Waals surface area (Å²) in [6, 6.07) is 19.2. The van der Waals surface area contributed by atoms with E-state index < -0.39 is 32.5 Å². The van der Waals surface area contributed by atoms with E-state index in [0.717, 1.165) is 4.31 Å². The van der Waals surface area contributed by atoms with Crippen LogP contribution in [0.1, 0.15) is 5.69 Å². The zero-order valence-corrected chi connectivity index (χ0v) is 23.9. The number of amides is 1. The van der Waals surface area contributed by atoms with Gasteiger partial charge in [0.2, 0.25) is 11.9 Å². The molecule has 3 aromatic carbocycles. The highest BCUT2D eigenvalue weighted by Crippen LogP contribution is 2.33. The van der Waals surface area contributed by atoms with Crippen LogP contribution in [0.4, 0.5) is 17.3 Å². The van der Waals surface area contributed by atoms with Crippen molar-refractivity contribution in [3.63, 3.8) is 0 Å². The average Bonchev–Trinajstić information content (AvgIpc) is 2.96. The van der Waals surface area contributed by atoms with Crippen LogP contribution in [0.15, 0.2) is 94.9 Å². The van der Waals surface area contributed by atoms with Gasteiger partial charge in [-0.05, 0) is 61.5 Å². The molecule has 0 saturated heterocycles. The number of carbonyl (C=O) groups is 1. The van der Waals surface area contributed by atoms with Gasteiger partial charge in [0.05, 0.1) is 29.7 Å². The average molecular weight is 598 g/mol. The number of rotatable bonds is 11. The smallest absolute Gasteiger partial charge is 0.264 e. The summed E-state index contributed by atoms with van der Waals surface area (Å²) in [6.45, 7) is 1.12. The van der Waals surface area contributed by atoms with Crippen molar-refractivity contribution in [2.45, 2.75) is 16.7 Å². The monoisotopic (exact) mass is 597 g/mol. The zero-order chi connectivity index (χ0) is 29.6. The summed E-state index contributed by atoms with van der Waals surface area (Å²) >= 11 is 0. The highest BCUT2D eigenvalue weighted by atomic mass is 32.2. The first-order valence-electron chi connectivity index (χ1n) is 12.1. The predicted molar refractivity (Wildman–Crippen MR) is 153 cm³/mol. The molecule has 41 heavy (non-hydrogen) atoms. The molecule has 4 rings (SSSR count). The number of sulfonamides is 2. The molecule has 0 atom stereocenters. The lowest BCUT2D eigenvalue weighted by atomic mass is 10.2. The minimum Gasteiger partial charge on any atom is -0.493 e. The normalized spacial score (nSPS) is 11.4. The van der Waals surface area contributed by atoms with Crippen LogP contribution in [-0.4, -0.2) is 53.5 Å². The molecule has 0 bridgehead atoms. The van der Waals surface area contributed by atoms with Gasteiger partial charge >= 0.3 is 0 Å². The van der Waals surface area contributed by atoms with Crippen molar-refractivity contribution >= 4 is 43.3 Å². The molecule has 0 radical (unpaired) electrons. The summed E-state index contributed by atoms with van der Waals surface area (Å²) in [4.78, 5) is 20.9. The molecule has 0 spiro atoms. The first kappa shape index (κ1) is 29.3. The number of aromatic nitrogens is 2. The predicted octanol–water partition coefficient (Wildman–Crippen LogP) is 3.44. The molecule has 0 fully saturated rings. The Morgan fingerprint density at radius 2 is 1.54 bits per heavy atom. The molecule has 12 nitrogen and oxygen atoms in total. The number of benzene rings is 3. The van der Waals surface area contributed by atoms with Crippen LogP contribution < -0.4 is 23.8 Å². The second-order valence-corrected chi connectivity index (χ2v) is 12.1. The van der Waals surface area contributed by atoms with Crippen molar-refractivity contribution in [2.75, 3.05) is 35.1 Å². The second-order valence-electron chi connectivity index (χ2n) is 8.56. The molecule has 214 valence electrons. The van der Waals surface area contributed by atoms with Gasteiger partial charge in [-0.1, -0.05) is 18.2 Å². The molecule has 4 aromatic rings. The van der Waals surface area contributed by atoms with E-state index in [9.17, 15) is 21.6 Å². The third-order valence-corrected chi connectivity index (χ3v) is 8.87. The number of aryl methyl sites for hydroxylation is 1. The zero-order valence-electron chi connectivity index (χ0n) is 22.3. The van der Waals surface area contributed by atoms with Gasteiger partial charge in [-0.2, -0.15) is 0 Å². The Kier molecular flexibility index (Phi) is 8.74. The van der Waals surface area contributed by atoms with E-state index in [1.165, 1.54) is 75.0 Å². The Hall–Kier alpha value is -4.69. The third kappa shape index (κ3) is 6.91. The summed E-state index contributed by atoms with van der Waals surface area (Å²) in [5.74, 6) is -0.0742. The van der Waals surface area contributed by atoms with Crippen molar-refractivity contribution in [1.82, 2.24) is 9.97 Å². The number of hydrogen-bond donors (Lipinski definition) is 2. The number of methoxy groups -OCH3 is 2. The van der Waals surface area contributed by atoms with E-state index in [1.807, 2.05) is 0 Å². The molecule has 0 aliphatic carbocycles. The van der Waals surface area contributed by atoms with Gasteiger partial charge in [0.25, 0.3) is 20.0 Å². The number of ether oxygens (including phenoxy) is 2. The molecule has 14 heteroatoms. The van der Waals surface area contributed by atoms with E-state index in [4.69, 9.17) is 9.47 Å². The lowest BCUT2D eigenvalue weighted by molar-refractivity contribution is -0.114. The summed E-state index contributed by atoms with van der Waals surface area (Å²) in [5, 5.41) is 2.61. The number of carbonyl (C=O) groups excluding carboxylic acids is 1. The third-order valence-electron chi connectivity index (χ3n) is 5.74. The Morgan fingerprint density at radius 1 is 0.854 bits per heavy atom. The fourth-order valence-corrected chi connectivity index (χ4v) is 6.13. The van der Waals surface area contributed by atoms with Gasteiger partial charge in [0.15, 0.2) is 11.5 Å². The van der Waals surface area contributed by atoms with E-state index in [0.29, 0.717) is 11.4 Å². The van der Waals surface area contributed by atoms with Crippen LogP contribution in [0.3, 0.4) is 0 Å². The van der Waals surface area contributed by atoms with E-state index >= 15 is 0 Å². The quantitative estimate of drug-likeness (QED) is 0.264. The molecule has 1 heterocycles. The maximum atomic E-state index is 13.6. The Morgan fingerprint density at radius 3 is 2.17 bits per heavy atom. The van der Waals surface area contributed by atoms with E-state index in [1.54, 1.807) is 31.2 Å². The molecule has 0 aliphatic heterocycles. The van der Waals surface area contributed by atoms with Crippen molar-refractivity contribution < 1.29 is 31.1 Å². The molecular formula is C27H27N5O7S2. The minimum absolute atomic E-state index is 0.0118. The van der Waals surface area contributed by atoms with E-state index in [2.05, 4.69) is 20.0 Å². The Labute approximate surface area is 238 Å². The van der Waals surface area contributed by atoms with E-state index in [-0.39, 0.29) is 32.9 Å². The number of nitrogens with one attached hydrogen (secondary N) is 2. The highest BCUT2D eigenvalue weighted by Gasteiger charge is 2.28. The molecule has 0 aliphatic rings. The lowest BCUT2D eigenvalue weighted by Crippen LogP contribution is -2.38. The van der Waals surface area contributed by atoms with Crippen molar-refractivity contribution in [1.29, 1.82) is 0 Å². The van der Waals surface area contributed by atoms with Crippen LogP contribution in [0, 0.1) is 6.92 Å². The molecule has 0 saturated carbocycles. The minimum atomic E-state index is -4.17. The number of anilines is 3. The van der Waals surface area contributed by atoms with Crippen molar-refractivity contribution in [3.05, 3.63) is 90.8 Å². The van der Waals surface area contributed by atoms with Gasteiger partial charge < -0.3 is 14.8 Å². The lowest BCUT2D eigenvalue weighted by Gasteiger charge is -2.25.